The molecule has 3 heteroatoms. The van der Waals surface area contributed by atoms with Gasteiger partial charge in [-0.1, -0.05) is 42.5 Å². The summed E-state index contributed by atoms with van der Waals surface area (Å²) in [5, 5.41) is 0. The summed E-state index contributed by atoms with van der Waals surface area (Å²) >= 11 is 0. The third kappa shape index (κ3) is 3.08. The Morgan fingerprint density at radius 1 is 1.04 bits per heavy atom. The lowest BCUT2D eigenvalue weighted by Crippen LogP contribution is -2.33. The number of carbonyl (C=O) groups is 1. The molecule has 4 rings (SSSR count). The molecule has 1 amide bonds. The molecule has 2 aliphatic carbocycles. The molecule has 1 saturated carbocycles. The van der Waals surface area contributed by atoms with E-state index in [1.165, 1.54) is 17.2 Å². The molecule has 124 valence electrons. The maximum absolute atomic E-state index is 14.0. The van der Waals surface area contributed by atoms with E-state index >= 15 is 0 Å². The molecule has 0 heterocycles. The highest BCUT2D eigenvalue weighted by Gasteiger charge is 2.35. The Balaban J connectivity index is 1.48. The van der Waals surface area contributed by atoms with Crippen molar-refractivity contribution in [3.63, 3.8) is 0 Å². The monoisotopic (exact) mass is 323 g/mol. The van der Waals surface area contributed by atoms with Gasteiger partial charge in [-0.3, -0.25) is 4.79 Å². The van der Waals surface area contributed by atoms with Crippen molar-refractivity contribution in [1.29, 1.82) is 0 Å². The molecular weight excluding hydrogens is 301 g/mol. The van der Waals surface area contributed by atoms with Gasteiger partial charge >= 0.3 is 0 Å². The zero-order chi connectivity index (χ0) is 16.5. The van der Waals surface area contributed by atoms with E-state index in [0.717, 1.165) is 25.7 Å². The second-order valence-electron chi connectivity index (χ2n) is 6.98. The number of amides is 1. The van der Waals surface area contributed by atoms with E-state index < -0.39 is 0 Å². The van der Waals surface area contributed by atoms with E-state index in [0.29, 0.717) is 30.5 Å². The summed E-state index contributed by atoms with van der Waals surface area (Å²) in [4.78, 5) is 14.8. The number of fused-ring (bicyclic) bond motifs is 1. The van der Waals surface area contributed by atoms with E-state index in [1.54, 1.807) is 12.1 Å². The summed E-state index contributed by atoms with van der Waals surface area (Å²) in [6.45, 7) is 0.393. The van der Waals surface area contributed by atoms with Gasteiger partial charge < -0.3 is 4.90 Å². The second kappa shape index (κ2) is 6.39. The van der Waals surface area contributed by atoms with Crippen LogP contribution in [0.4, 0.5) is 4.39 Å². The molecule has 0 spiro atoms. The summed E-state index contributed by atoms with van der Waals surface area (Å²) in [7, 11) is 0. The van der Waals surface area contributed by atoms with Crippen LogP contribution >= 0.6 is 0 Å². The third-order valence-corrected chi connectivity index (χ3v) is 5.28. The zero-order valence-corrected chi connectivity index (χ0v) is 13.7. The summed E-state index contributed by atoms with van der Waals surface area (Å²) in [6, 6.07) is 15.5. The fourth-order valence-corrected chi connectivity index (χ4v) is 3.80. The van der Waals surface area contributed by atoms with Crippen molar-refractivity contribution < 1.29 is 9.18 Å². The first-order valence-electron chi connectivity index (χ1n) is 8.83. The highest BCUT2D eigenvalue weighted by molar-refractivity contribution is 5.78. The smallest absolute Gasteiger partial charge is 0.223 e. The number of carbonyl (C=O) groups excluding carboxylic acids is 1. The van der Waals surface area contributed by atoms with Gasteiger partial charge in [-0.05, 0) is 48.8 Å². The van der Waals surface area contributed by atoms with Crippen LogP contribution < -0.4 is 0 Å². The Kier molecular flexibility index (Phi) is 4.09. The van der Waals surface area contributed by atoms with E-state index in [9.17, 15) is 9.18 Å². The normalized spacial score (nSPS) is 19.1. The van der Waals surface area contributed by atoms with Crippen molar-refractivity contribution >= 4 is 5.91 Å². The van der Waals surface area contributed by atoms with E-state index in [1.807, 2.05) is 11.0 Å². The minimum absolute atomic E-state index is 0.169. The molecule has 0 bridgehead atoms. The van der Waals surface area contributed by atoms with E-state index in [-0.39, 0.29) is 11.7 Å². The molecule has 1 unspecified atom stereocenters. The molecule has 0 radical (unpaired) electrons. The molecule has 1 fully saturated rings. The van der Waals surface area contributed by atoms with Crippen molar-refractivity contribution in [3.8, 4) is 0 Å². The highest BCUT2D eigenvalue weighted by Crippen LogP contribution is 2.37. The summed E-state index contributed by atoms with van der Waals surface area (Å²) < 4.78 is 14.0. The first-order valence-corrected chi connectivity index (χ1v) is 8.83. The van der Waals surface area contributed by atoms with Gasteiger partial charge in [-0.2, -0.15) is 0 Å². The van der Waals surface area contributed by atoms with Crippen LogP contribution in [0.2, 0.25) is 0 Å². The van der Waals surface area contributed by atoms with Gasteiger partial charge in [0.25, 0.3) is 0 Å². The van der Waals surface area contributed by atoms with E-state index in [4.69, 9.17) is 0 Å². The Morgan fingerprint density at radius 2 is 1.79 bits per heavy atom. The van der Waals surface area contributed by atoms with Crippen molar-refractivity contribution in [3.05, 3.63) is 71.0 Å². The summed E-state index contributed by atoms with van der Waals surface area (Å²) in [5.41, 5.74) is 3.32. The van der Waals surface area contributed by atoms with Gasteiger partial charge in [-0.15, -0.1) is 0 Å². The van der Waals surface area contributed by atoms with Crippen molar-refractivity contribution in [2.24, 2.45) is 0 Å². The minimum atomic E-state index is -0.220. The number of rotatable bonds is 5. The molecule has 0 aromatic heterocycles. The predicted molar refractivity (Wildman–Crippen MR) is 92.1 cm³/mol. The highest BCUT2D eigenvalue weighted by atomic mass is 19.1. The van der Waals surface area contributed by atoms with Crippen LogP contribution in [0, 0.1) is 5.82 Å². The predicted octanol–water partition coefficient (Wildman–Crippen LogP) is 4.44. The fraction of sp³-hybridized carbons (Fsp3) is 0.381. The summed E-state index contributed by atoms with van der Waals surface area (Å²) in [6.07, 6.45) is 4.74. The molecule has 24 heavy (non-hydrogen) atoms. The minimum Gasteiger partial charge on any atom is -0.335 e. The fourth-order valence-electron chi connectivity index (χ4n) is 3.80. The van der Waals surface area contributed by atoms with Crippen LogP contribution in [-0.4, -0.2) is 16.8 Å². The molecule has 2 nitrogen and oxygen atoms in total. The van der Waals surface area contributed by atoms with Crippen LogP contribution in [-0.2, 0) is 17.8 Å². The quantitative estimate of drug-likeness (QED) is 0.797. The van der Waals surface area contributed by atoms with Crippen LogP contribution in [0.15, 0.2) is 48.5 Å². The maximum Gasteiger partial charge on any atom is 0.223 e. The van der Waals surface area contributed by atoms with Gasteiger partial charge in [0.05, 0.1) is 0 Å². The van der Waals surface area contributed by atoms with Gasteiger partial charge in [0, 0.05) is 24.6 Å². The van der Waals surface area contributed by atoms with Gasteiger partial charge in [0.1, 0.15) is 5.82 Å². The number of nitrogens with zero attached hydrogens (tertiary/aromatic N) is 1. The molecule has 0 N–H and O–H groups in total. The second-order valence-corrected chi connectivity index (χ2v) is 6.98. The molecule has 1 atom stereocenters. The van der Waals surface area contributed by atoms with Gasteiger partial charge in [0.2, 0.25) is 5.91 Å². The standard InChI is InChI=1S/C21H22FNO/c22-20-8-4-2-6-17(20)14-23(18-11-12-18)21(24)13-16-10-9-15-5-1-3-7-19(15)16/h1-8,16,18H,9-14H2. The average Bonchev–Trinajstić information content (AvgIpc) is 3.36. The molecule has 2 aliphatic rings. The molecule has 2 aromatic rings. The zero-order valence-electron chi connectivity index (χ0n) is 13.7. The van der Waals surface area contributed by atoms with Crippen LogP contribution in [0.1, 0.15) is 48.3 Å². The average molecular weight is 323 g/mol. The van der Waals surface area contributed by atoms with Crippen molar-refractivity contribution in [2.75, 3.05) is 0 Å². The Morgan fingerprint density at radius 3 is 2.58 bits per heavy atom. The molecular formula is C21H22FNO. The van der Waals surface area contributed by atoms with Crippen LogP contribution in [0.5, 0.6) is 0 Å². The lowest BCUT2D eigenvalue weighted by molar-refractivity contribution is -0.132. The Labute approximate surface area is 142 Å². The lowest BCUT2D eigenvalue weighted by atomic mass is 9.97. The van der Waals surface area contributed by atoms with Gasteiger partial charge in [0.15, 0.2) is 0 Å². The number of aryl methyl sites for hydroxylation is 1. The number of halogens is 1. The summed E-state index contributed by atoms with van der Waals surface area (Å²) in [5.74, 6) is 0.264. The largest absolute Gasteiger partial charge is 0.335 e. The van der Waals surface area contributed by atoms with Crippen LogP contribution in [0.3, 0.4) is 0 Å². The van der Waals surface area contributed by atoms with E-state index in [2.05, 4.69) is 24.3 Å². The lowest BCUT2D eigenvalue weighted by Gasteiger charge is -2.24. The topological polar surface area (TPSA) is 20.3 Å². The molecule has 2 aromatic carbocycles. The first kappa shape index (κ1) is 15.4. The van der Waals surface area contributed by atoms with Crippen molar-refractivity contribution in [2.45, 2.75) is 50.6 Å². The van der Waals surface area contributed by atoms with Gasteiger partial charge in [-0.25, -0.2) is 4.39 Å². The third-order valence-electron chi connectivity index (χ3n) is 5.28. The SMILES string of the molecule is O=C(CC1CCc2ccccc21)N(Cc1ccccc1F)C1CC1. The maximum atomic E-state index is 14.0. The molecule has 0 aliphatic heterocycles. The Hall–Kier alpha value is -2.16. The first-order chi connectivity index (χ1) is 11.7. The number of hydrogen-bond acceptors (Lipinski definition) is 1. The molecule has 0 saturated heterocycles. The number of benzene rings is 2. The van der Waals surface area contributed by atoms with Crippen LogP contribution in [0.25, 0.3) is 0 Å². The number of hydrogen-bond donors (Lipinski definition) is 0. The Bertz CT molecular complexity index is 753. The van der Waals surface area contributed by atoms with Crippen molar-refractivity contribution in [1.82, 2.24) is 4.90 Å².